The first-order chi connectivity index (χ1) is 10.4. The maximum Gasteiger partial charge on any atom is 0.242 e. The van der Waals surface area contributed by atoms with Gasteiger partial charge in [0.05, 0.1) is 6.42 Å². The van der Waals surface area contributed by atoms with Gasteiger partial charge in [0.2, 0.25) is 11.8 Å². The minimum Gasteiger partial charge on any atom is -0.354 e. The van der Waals surface area contributed by atoms with Gasteiger partial charge in [-0.3, -0.25) is 9.59 Å². The molecule has 130 valence electrons. The monoisotopic (exact) mass is 341 g/mol. The molecule has 2 unspecified atom stereocenters. The van der Waals surface area contributed by atoms with E-state index >= 15 is 0 Å². The van der Waals surface area contributed by atoms with Gasteiger partial charge in [-0.2, -0.15) is 0 Å². The van der Waals surface area contributed by atoms with Crippen molar-refractivity contribution >= 4 is 24.2 Å². The quantitative estimate of drug-likeness (QED) is 0.672. The van der Waals surface area contributed by atoms with E-state index in [2.05, 4.69) is 10.6 Å². The molecule has 0 fully saturated rings. The fraction of sp³-hybridized carbons (Fsp3) is 0.529. The van der Waals surface area contributed by atoms with Crippen molar-refractivity contribution in [2.24, 2.45) is 11.7 Å². The number of carbonyl (C=O) groups excluding carboxylic acids is 2. The lowest BCUT2D eigenvalue weighted by molar-refractivity contribution is -0.129. The van der Waals surface area contributed by atoms with Crippen LogP contribution in [0.25, 0.3) is 0 Å². The zero-order valence-corrected chi connectivity index (χ0v) is 14.9. The maximum absolute atomic E-state index is 12.2. The number of nitrogens with one attached hydrogen (secondary N) is 2. The minimum absolute atomic E-state index is 0. The molecule has 0 heterocycles. The Kier molecular flexibility index (Phi) is 10.3. The molecule has 0 aliphatic carbocycles. The number of rotatable bonds is 8. The number of nitrogens with two attached hydrogens (primary N) is 1. The van der Waals surface area contributed by atoms with Crippen LogP contribution >= 0.6 is 12.4 Å². The summed E-state index contributed by atoms with van der Waals surface area (Å²) in [6.45, 7) is 6.25. The van der Waals surface area contributed by atoms with Crippen LogP contribution in [0.5, 0.6) is 0 Å². The number of hydrogen-bond donors (Lipinski definition) is 3. The summed E-state index contributed by atoms with van der Waals surface area (Å²) in [6, 6.07) is 9.01. The topological polar surface area (TPSA) is 84.2 Å². The molecule has 1 aromatic rings. The van der Waals surface area contributed by atoms with Gasteiger partial charge in [0, 0.05) is 12.6 Å². The Labute approximate surface area is 144 Å². The zero-order chi connectivity index (χ0) is 16.5. The van der Waals surface area contributed by atoms with E-state index < -0.39 is 6.04 Å². The number of carbonyl (C=O) groups is 2. The molecule has 23 heavy (non-hydrogen) atoms. The van der Waals surface area contributed by atoms with Gasteiger partial charge >= 0.3 is 0 Å². The maximum atomic E-state index is 12.2. The molecule has 0 saturated carbocycles. The van der Waals surface area contributed by atoms with Gasteiger partial charge < -0.3 is 16.4 Å². The lowest BCUT2D eigenvalue weighted by Gasteiger charge is -2.22. The predicted molar refractivity (Wildman–Crippen MR) is 95.4 cm³/mol. The summed E-state index contributed by atoms with van der Waals surface area (Å²) in [7, 11) is 0. The van der Waals surface area contributed by atoms with Crippen molar-refractivity contribution in [1.82, 2.24) is 10.6 Å². The molecule has 0 aliphatic heterocycles. The Morgan fingerprint density at radius 2 is 1.74 bits per heavy atom. The number of amides is 2. The van der Waals surface area contributed by atoms with Crippen molar-refractivity contribution in [1.29, 1.82) is 0 Å². The summed E-state index contributed by atoms with van der Waals surface area (Å²) < 4.78 is 0. The second-order valence-electron chi connectivity index (χ2n) is 6.01. The van der Waals surface area contributed by atoms with Crippen LogP contribution in [0.15, 0.2) is 30.3 Å². The SMILES string of the molecule is CC(N)CCNC(=O)C(NC(=O)Cc1ccccc1)C(C)C.Cl. The number of benzene rings is 1. The Bertz CT molecular complexity index is 478. The fourth-order valence-corrected chi connectivity index (χ4v) is 2.07. The van der Waals surface area contributed by atoms with Crippen molar-refractivity contribution in [3.8, 4) is 0 Å². The predicted octanol–water partition coefficient (Wildman–Crippen LogP) is 1.65. The molecular formula is C17H28ClN3O2. The van der Waals surface area contributed by atoms with Crippen LogP contribution in [-0.4, -0.2) is 30.4 Å². The highest BCUT2D eigenvalue weighted by Crippen LogP contribution is 2.04. The van der Waals surface area contributed by atoms with Gasteiger partial charge in [-0.1, -0.05) is 44.2 Å². The summed E-state index contributed by atoms with van der Waals surface area (Å²) in [6.07, 6.45) is 0.992. The molecule has 0 aromatic heterocycles. The van der Waals surface area contributed by atoms with E-state index in [1.165, 1.54) is 0 Å². The lowest BCUT2D eigenvalue weighted by atomic mass is 10.0. The van der Waals surface area contributed by atoms with Gasteiger partial charge in [-0.25, -0.2) is 0 Å². The molecule has 1 aromatic carbocycles. The van der Waals surface area contributed by atoms with E-state index in [0.717, 1.165) is 5.56 Å². The summed E-state index contributed by atoms with van der Waals surface area (Å²) in [5.41, 5.74) is 6.59. The van der Waals surface area contributed by atoms with E-state index in [1.54, 1.807) is 0 Å². The van der Waals surface area contributed by atoms with Crippen molar-refractivity contribution < 1.29 is 9.59 Å². The summed E-state index contributed by atoms with van der Waals surface area (Å²) in [4.78, 5) is 24.3. The van der Waals surface area contributed by atoms with Crippen molar-refractivity contribution in [2.45, 2.75) is 45.7 Å². The Morgan fingerprint density at radius 3 is 2.26 bits per heavy atom. The smallest absolute Gasteiger partial charge is 0.242 e. The Balaban J connectivity index is 0.00000484. The molecule has 0 saturated heterocycles. The molecule has 0 radical (unpaired) electrons. The molecule has 4 N–H and O–H groups in total. The third-order valence-corrected chi connectivity index (χ3v) is 3.37. The molecule has 6 heteroatoms. The standard InChI is InChI=1S/C17H27N3O2.ClH/c1-12(2)16(17(22)19-10-9-13(3)18)20-15(21)11-14-7-5-4-6-8-14;/h4-8,12-13,16H,9-11,18H2,1-3H3,(H,19,22)(H,20,21);1H. The van der Waals surface area contributed by atoms with Crippen molar-refractivity contribution in [2.75, 3.05) is 6.54 Å². The van der Waals surface area contributed by atoms with E-state index in [1.807, 2.05) is 51.1 Å². The third-order valence-electron chi connectivity index (χ3n) is 3.37. The van der Waals surface area contributed by atoms with E-state index in [0.29, 0.717) is 13.0 Å². The normalized spacial score (nSPS) is 12.9. The molecular weight excluding hydrogens is 314 g/mol. The first kappa shape index (κ1) is 21.4. The zero-order valence-electron chi connectivity index (χ0n) is 14.0. The van der Waals surface area contributed by atoms with Crippen LogP contribution in [0, 0.1) is 5.92 Å². The summed E-state index contributed by atoms with van der Waals surface area (Å²) in [5, 5.41) is 5.65. The Morgan fingerprint density at radius 1 is 1.13 bits per heavy atom. The number of hydrogen-bond acceptors (Lipinski definition) is 3. The molecule has 2 amide bonds. The van der Waals surface area contributed by atoms with Crippen LogP contribution in [0.2, 0.25) is 0 Å². The Hall–Kier alpha value is -1.59. The van der Waals surface area contributed by atoms with Crippen molar-refractivity contribution in [3.05, 3.63) is 35.9 Å². The van der Waals surface area contributed by atoms with E-state index in [-0.39, 0.29) is 42.6 Å². The molecule has 0 spiro atoms. The molecule has 1 rings (SSSR count). The summed E-state index contributed by atoms with van der Waals surface area (Å²) in [5.74, 6) is -0.278. The van der Waals surface area contributed by atoms with Gasteiger partial charge in [0.15, 0.2) is 0 Å². The van der Waals surface area contributed by atoms with Gasteiger partial charge in [0.25, 0.3) is 0 Å². The van der Waals surface area contributed by atoms with Gasteiger partial charge in [-0.05, 0) is 24.8 Å². The van der Waals surface area contributed by atoms with Crippen LogP contribution < -0.4 is 16.4 Å². The second kappa shape index (κ2) is 11.0. The van der Waals surface area contributed by atoms with Gasteiger partial charge in [-0.15, -0.1) is 12.4 Å². The highest BCUT2D eigenvalue weighted by Gasteiger charge is 2.23. The summed E-state index contributed by atoms with van der Waals surface area (Å²) >= 11 is 0. The molecule has 0 bridgehead atoms. The van der Waals surface area contributed by atoms with Crippen LogP contribution in [-0.2, 0) is 16.0 Å². The molecule has 2 atom stereocenters. The second-order valence-corrected chi connectivity index (χ2v) is 6.01. The van der Waals surface area contributed by atoms with Crippen LogP contribution in [0.3, 0.4) is 0 Å². The molecule has 0 aliphatic rings. The third kappa shape index (κ3) is 8.57. The lowest BCUT2D eigenvalue weighted by Crippen LogP contribution is -2.50. The van der Waals surface area contributed by atoms with Crippen LogP contribution in [0.4, 0.5) is 0 Å². The van der Waals surface area contributed by atoms with Crippen molar-refractivity contribution in [3.63, 3.8) is 0 Å². The van der Waals surface area contributed by atoms with Crippen LogP contribution in [0.1, 0.15) is 32.8 Å². The highest BCUT2D eigenvalue weighted by molar-refractivity contribution is 5.88. The van der Waals surface area contributed by atoms with E-state index in [9.17, 15) is 9.59 Å². The highest BCUT2D eigenvalue weighted by atomic mass is 35.5. The van der Waals surface area contributed by atoms with Gasteiger partial charge in [0.1, 0.15) is 6.04 Å². The minimum atomic E-state index is -0.524. The fourth-order valence-electron chi connectivity index (χ4n) is 2.07. The first-order valence-corrected chi connectivity index (χ1v) is 7.76. The van der Waals surface area contributed by atoms with E-state index in [4.69, 9.17) is 5.73 Å². The molecule has 5 nitrogen and oxygen atoms in total. The first-order valence-electron chi connectivity index (χ1n) is 7.76. The number of halogens is 1. The average Bonchev–Trinajstić information content (AvgIpc) is 2.45. The largest absolute Gasteiger partial charge is 0.354 e. The average molecular weight is 342 g/mol.